The van der Waals surface area contributed by atoms with Crippen LogP contribution in [-0.4, -0.2) is 42.2 Å². The topological polar surface area (TPSA) is 58.2 Å². The third-order valence-electron chi connectivity index (χ3n) is 3.90. The Morgan fingerprint density at radius 3 is 2.30 bits per heavy atom. The number of hydrogen-bond donors (Lipinski definition) is 2. The first-order valence-electron chi connectivity index (χ1n) is 9.01. The molecule has 0 aliphatic rings. The lowest BCUT2D eigenvalue weighted by Crippen LogP contribution is -2.47. The molecule has 0 radical (unpaired) electrons. The van der Waals surface area contributed by atoms with E-state index in [0.717, 1.165) is 17.9 Å². The quantitative estimate of drug-likeness (QED) is 0.443. The lowest BCUT2D eigenvalue weighted by atomic mass is 10.1. The minimum atomic E-state index is -0.507. The Labute approximate surface area is 169 Å². The van der Waals surface area contributed by atoms with Crippen molar-refractivity contribution in [2.45, 2.75) is 23.8 Å². The lowest BCUT2D eigenvalue weighted by Gasteiger charge is -2.18. The number of rotatable bonds is 11. The molecule has 2 amide bonds. The van der Waals surface area contributed by atoms with Crippen molar-refractivity contribution in [1.29, 1.82) is 0 Å². The Bertz CT molecular complexity index is 696. The molecule has 0 aliphatic carbocycles. The maximum Gasteiger partial charge on any atom is 0.251 e. The second kappa shape index (κ2) is 12.5. The summed E-state index contributed by atoms with van der Waals surface area (Å²) in [4.78, 5) is 26.1. The molecular weight excluding hydrogens is 376 g/mol. The van der Waals surface area contributed by atoms with E-state index in [9.17, 15) is 9.59 Å². The Morgan fingerprint density at radius 1 is 0.963 bits per heavy atom. The van der Waals surface area contributed by atoms with Crippen molar-refractivity contribution in [2.24, 2.45) is 0 Å². The van der Waals surface area contributed by atoms with E-state index in [1.54, 1.807) is 35.7 Å². The zero-order valence-corrected chi connectivity index (χ0v) is 17.2. The van der Waals surface area contributed by atoms with Crippen molar-refractivity contribution in [2.75, 3.05) is 24.3 Å². The van der Waals surface area contributed by atoms with Gasteiger partial charge in [0, 0.05) is 17.0 Å². The van der Waals surface area contributed by atoms with Gasteiger partial charge in [-0.05, 0) is 54.9 Å². The fourth-order valence-electron chi connectivity index (χ4n) is 2.45. The molecule has 2 aromatic carbocycles. The van der Waals surface area contributed by atoms with E-state index < -0.39 is 6.04 Å². The largest absolute Gasteiger partial charge is 0.354 e. The van der Waals surface area contributed by atoms with Crippen molar-refractivity contribution in [1.82, 2.24) is 10.6 Å². The van der Waals surface area contributed by atoms with Gasteiger partial charge in [-0.3, -0.25) is 9.59 Å². The highest BCUT2D eigenvalue weighted by atomic mass is 32.2. The molecule has 2 rings (SSSR count). The van der Waals surface area contributed by atoms with Crippen LogP contribution in [0.2, 0.25) is 0 Å². The van der Waals surface area contributed by atoms with Crippen LogP contribution in [0.25, 0.3) is 0 Å². The van der Waals surface area contributed by atoms with Gasteiger partial charge in [0.2, 0.25) is 5.91 Å². The molecule has 4 nitrogen and oxygen atoms in total. The lowest BCUT2D eigenvalue weighted by molar-refractivity contribution is -0.123. The van der Waals surface area contributed by atoms with Gasteiger partial charge in [-0.2, -0.15) is 11.8 Å². The highest BCUT2D eigenvalue weighted by Gasteiger charge is 2.20. The normalized spacial score (nSPS) is 11.6. The molecule has 0 saturated carbocycles. The third kappa shape index (κ3) is 8.10. The number of hydrogen-bond acceptors (Lipinski definition) is 4. The average molecular weight is 403 g/mol. The fraction of sp³-hybridized carbons (Fsp3) is 0.333. The van der Waals surface area contributed by atoms with Crippen molar-refractivity contribution >= 4 is 35.3 Å². The summed E-state index contributed by atoms with van der Waals surface area (Å²) < 4.78 is 0. The zero-order valence-electron chi connectivity index (χ0n) is 15.5. The summed E-state index contributed by atoms with van der Waals surface area (Å²) in [6.07, 6.45) is 3.49. The SMILES string of the molecule is CSCC[C@@H](NC(=O)c1ccccc1)C(=O)NCCCSc1ccccc1. The molecule has 0 fully saturated rings. The highest BCUT2D eigenvalue weighted by Crippen LogP contribution is 2.17. The minimum absolute atomic E-state index is 0.113. The first-order chi connectivity index (χ1) is 13.2. The van der Waals surface area contributed by atoms with Gasteiger partial charge in [0.1, 0.15) is 6.04 Å². The van der Waals surface area contributed by atoms with Crippen LogP contribution in [0.3, 0.4) is 0 Å². The van der Waals surface area contributed by atoms with Gasteiger partial charge in [0.25, 0.3) is 5.91 Å². The van der Waals surface area contributed by atoms with Crippen LogP contribution in [0.1, 0.15) is 23.2 Å². The maximum absolute atomic E-state index is 12.5. The molecule has 0 heterocycles. The van der Waals surface area contributed by atoms with Gasteiger partial charge in [-0.1, -0.05) is 36.4 Å². The van der Waals surface area contributed by atoms with Crippen LogP contribution in [0, 0.1) is 0 Å². The molecule has 2 N–H and O–H groups in total. The maximum atomic E-state index is 12.5. The zero-order chi connectivity index (χ0) is 19.3. The van der Waals surface area contributed by atoms with Gasteiger partial charge < -0.3 is 10.6 Å². The average Bonchev–Trinajstić information content (AvgIpc) is 2.72. The molecule has 0 saturated heterocycles. The number of thioether (sulfide) groups is 2. The Balaban J connectivity index is 1.76. The Morgan fingerprint density at radius 2 is 1.63 bits per heavy atom. The smallest absolute Gasteiger partial charge is 0.251 e. The summed E-state index contributed by atoms with van der Waals surface area (Å²) in [7, 11) is 0. The van der Waals surface area contributed by atoms with Gasteiger partial charge >= 0.3 is 0 Å². The van der Waals surface area contributed by atoms with Crippen LogP contribution < -0.4 is 10.6 Å². The van der Waals surface area contributed by atoms with Gasteiger partial charge in [-0.15, -0.1) is 11.8 Å². The molecule has 2 aromatic rings. The molecule has 6 heteroatoms. The number of benzene rings is 2. The Hall–Kier alpha value is -1.92. The highest BCUT2D eigenvalue weighted by molar-refractivity contribution is 7.99. The summed E-state index contributed by atoms with van der Waals surface area (Å²) in [5.74, 6) is 1.43. The molecular formula is C21H26N2O2S2. The van der Waals surface area contributed by atoms with E-state index in [1.807, 2.05) is 42.7 Å². The molecule has 0 unspecified atom stereocenters. The molecule has 0 bridgehead atoms. The molecule has 0 aliphatic heterocycles. The fourth-order valence-corrected chi connectivity index (χ4v) is 3.79. The molecule has 0 spiro atoms. The van der Waals surface area contributed by atoms with E-state index in [2.05, 4.69) is 22.8 Å². The van der Waals surface area contributed by atoms with E-state index in [0.29, 0.717) is 18.5 Å². The standard InChI is InChI=1S/C21H26N2O2S2/c1-26-16-13-19(23-20(24)17-9-4-2-5-10-17)21(25)22-14-8-15-27-18-11-6-3-7-12-18/h2-7,9-12,19H,8,13-16H2,1H3,(H,22,25)(H,23,24)/t19-/m1/s1. The van der Waals surface area contributed by atoms with Crippen LogP contribution in [0.4, 0.5) is 0 Å². The van der Waals surface area contributed by atoms with E-state index in [1.165, 1.54) is 4.90 Å². The summed E-state index contributed by atoms with van der Waals surface area (Å²) in [5, 5.41) is 5.82. The van der Waals surface area contributed by atoms with Crippen LogP contribution in [0.15, 0.2) is 65.6 Å². The number of carbonyl (C=O) groups is 2. The molecule has 1 atom stereocenters. The summed E-state index contributed by atoms with van der Waals surface area (Å²) in [6.45, 7) is 0.607. The molecule has 0 aromatic heterocycles. The van der Waals surface area contributed by atoms with Crippen molar-refractivity contribution < 1.29 is 9.59 Å². The van der Waals surface area contributed by atoms with Gasteiger partial charge in [-0.25, -0.2) is 0 Å². The van der Waals surface area contributed by atoms with E-state index >= 15 is 0 Å². The van der Waals surface area contributed by atoms with Crippen LogP contribution in [-0.2, 0) is 4.79 Å². The minimum Gasteiger partial charge on any atom is -0.354 e. The van der Waals surface area contributed by atoms with E-state index in [4.69, 9.17) is 0 Å². The summed E-state index contributed by atoms with van der Waals surface area (Å²) in [6, 6.07) is 18.7. The van der Waals surface area contributed by atoms with Crippen molar-refractivity contribution in [3.05, 3.63) is 66.2 Å². The predicted octanol–water partition coefficient (Wildman–Crippen LogP) is 3.84. The molecule has 144 valence electrons. The van der Waals surface area contributed by atoms with Crippen LogP contribution in [0.5, 0.6) is 0 Å². The monoisotopic (exact) mass is 402 g/mol. The van der Waals surface area contributed by atoms with Gasteiger partial charge in [0.05, 0.1) is 0 Å². The third-order valence-corrected chi connectivity index (χ3v) is 5.64. The van der Waals surface area contributed by atoms with E-state index in [-0.39, 0.29) is 11.8 Å². The first kappa shape index (κ1) is 21.4. The van der Waals surface area contributed by atoms with Crippen molar-refractivity contribution in [3.63, 3.8) is 0 Å². The molecule has 27 heavy (non-hydrogen) atoms. The number of amides is 2. The summed E-state index contributed by atoms with van der Waals surface area (Å²) >= 11 is 3.44. The second-order valence-electron chi connectivity index (χ2n) is 5.98. The number of carbonyl (C=O) groups excluding carboxylic acids is 2. The van der Waals surface area contributed by atoms with Gasteiger partial charge in [0.15, 0.2) is 0 Å². The number of nitrogens with one attached hydrogen (secondary N) is 2. The van der Waals surface area contributed by atoms with Crippen molar-refractivity contribution in [3.8, 4) is 0 Å². The summed E-state index contributed by atoms with van der Waals surface area (Å²) in [5.41, 5.74) is 0.568. The second-order valence-corrected chi connectivity index (χ2v) is 8.13. The van der Waals surface area contributed by atoms with Crippen LogP contribution >= 0.6 is 23.5 Å². The first-order valence-corrected chi connectivity index (χ1v) is 11.4. The Kier molecular flexibility index (Phi) is 9.87. The predicted molar refractivity (Wildman–Crippen MR) is 115 cm³/mol.